The van der Waals surface area contributed by atoms with Gasteiger partial charge in [-0.3, -0.25) is 0 Å². The molecule has 1 aliphatic heterocycles. The number of ether oxygens (including phenoxy) is 1. The molecule has 0 radical (unpaired) electrons. The molecule has 0 amide bonds. The molecule has 2 heterocycles. The average molecular weight is 181 g/mol. The van der Waals surface area contributed by atoms with Gasteiger partial charge in [0.2, 0.25) is 0 Å². The monoisotopic (exact) mass is 181 g/mol. The summed E-state index contributed by atoms with van der Waals surface area (Å²) in [6.07, 6.45) is 5.53. The van der Waals surface area contributed by atoms with Crippen LogP contribution in [0, 0.1) is 5.41 Å². The highest BCUT2D eigenvalue weighted by molar-refractivity contribution is 5.09. The molecule has 1 aliphatic rings. The van der Waals surface area contributed by atoms with Gasteiger partial charge in [-0.25, -0.2) is 0 Å². The molecule has 1 aromatic heterocycles. The maximum atomic E-state index is 5.77. The summed E-state index contributed by atoms with van der Waals surface area (Å²) in [4.78, 5) is 0. The predicted octanol–water partition coefficient (Wildman–Crippen LogP) is 1.19. The summed E-state index contributed by atoms with van der Waals surface area (Å²) in [6.45, 7) is 2.32. The molecule has 1 unspecified atom stereocenters. The Hall–Kier alpha value is -0.800. The van der Waals surface area contributed by atoms with Gasteiger partial charge in [0.25, 0.3) is 0 Å². The SMILES string of the molecule is NCC1(Cc2ccoc2)CCOC1. The van der Waals surface area contributed by atoms with E-state index in [1.807, 2.05) is 6.07 Å². The van der Waals surface area contributed by atoms with E-state index in [0.29, 0.717) is 6.54 Å². The molecule has 3 nitrogen and oxygen atoms in total. The largest absolute Gasteiger partial charge is 0.472 e. The first-order valence-corrected chi connectivity index (χ1v) is 4.64. The van der Waals surface area contributed by atoms with Crippen molar-refractivity contribution in [2.45, 2.75) is 12.8 Å². The van der Waals surface area contributed by atoms with Crippen LogP contribution in [0.25, 0.3) is 0 Å². The molecule has 1 saturated heterocycles. The standard InChI is InChI=1S/C10H15NO2/c11-7-10(2-4-13-8-10)5-9-1-3-12-6-9/h1,3,6H,2,4-5,7-8,11H2. The van der Waals surface area contributed by atoms with E-state index in [1.165, 1.54) is 5.56 Å². The van der Waals surface area contributed by atoms with Crippen molar-refractivity contribution in [2.75, 3.05) is 19.8 Å². The summed E-state index contributed by atoms with van der Waals surface area (Å²) in [5.41, 5.74) is 7.15. The van der Waals surface area contributed by atoms with Crippen molar-refractivity contribution in [3.8, 4) is 0 Å². The molecule has 0 aliphatic carbocycles. The van der Waals surface area contributed by atoms with Crippen molar-refractivity contribution < 1.29 is 9.15 Å². The van der Waals surface area contributed by atoms with Crippen molar-refractivity contribution in [3.05, 3.63) is 24.2 Å². The second-order valence-electron chi connectivity index (χ2n) is 3.82. The lowest BCUT2D eigenvalue weighted by Crippen LogP contribution is -2.33. The molecule has 13 heavy (non-hydrogen) atoms. The Balaban J connectivity index is 2.06. The normalized spacial score (nSPS) is 28.1. The zero-order valence-electron chi connectivity index (χ0n) is 7.66. The summed E-state index contributed by atoms with van der Waals surface area (Å²) >= 11 is 0. The number of hydrogen-bond donors (Lipinski definition) is 1. The van der Waals surface area contributed by atoms with Gasteiger partial charge in [-0.2, -0.15) is 0 Å². The van der Waals surface area contributed by atoms with Crippen molar-refractivity contribution >= 4 is 0 Å². The number of hydrogen-bond acceptors (Lipinski definition) is 3. The van der Waals surface area contributed by atoms with Gasteiger partial charge in [0, 0.05) is 18.6 Å². The van der Waals surface area contributed by atoms with Crippen molar-refractivity contribution in [1.82, 2.24) is 0 Å². The van der Waals surface area contributed by atoms with Gasteiger partial charge >= 0.3 is 0 Å². The van der Waals surface area contributed by atoms with E-state index in [1.54, 1.807) is 12.5 Å². The van der Waals surface area contributed by atoms with Gasteiger partial charge < -0.3 is 14.9 Å². The summed E-state index contributed by atoms with van der Waals surface area (Å²) in [6, 6.07) is 2.00. The second kappa shape index (κ2) is 3.52. The molecule has 1 fully saturated rings. The Morgan fingerprint density at radius 3 is 3.00 bits per heavy atom. The van der Waals surface area contributed by atoms with Crippen LogP contribution < -0.4 is 5.73 Å². The maximum absolute atomic E-state index is 5.77. The molecule has 0 bridgehead atoms. The zero-order valence-corrected chi connectivity index (χ0v) is 7.66. The quantitative estimate of drug-likeness (QED) is 0.762. The molecule has 0 saturated carbocycles. The van der Waals surface area contributed by atoms with Crippen LogP contribution in [0.2, 0.25) is 0 Å². The third-order valence-corrected chi connectivity index (χ3v) is 2.78. The van der Waals surface area contributed by atoms with Crippen LogP contribution >= 0.6 is 0 Å². The first-order valence-electron chi connectivity index (χ1n) is 4.64. The summed E-state index contributed by atoms with van der Waals surface area (Å²) in [5, 5.41) is 0. The minimum Gasteiger partial charge on any atom is -0.472 e. The Morgan fingerprint density at radius 1 is 1.54 bits per heavy atom. The topological polar surface area (TPSA) is 48.4 Å². The van der Waals surface area contributed by atoms with Crippen LogP contribution in [0.1, 0.15) is 12.0 Å². The van der Waals surface area contributed by atoms with Crippen LogP contribution in [0.3, 0.4) is 0 Å². The van der Waals surface area contributed by atoms with Gasteiger partial charge in [-0.15, -0.1) is 0 Å². The van der Waals surface area contributed by atoms with Gasteiger partial charge in [0.1, 0.15) is 0 Å². The molecule has 2 N–H and O–H groups in total. The van der Waals surface area contributed by atoms with E-state index in [-0.39, 0.29) is 5.41 Å². The fourth-order valence-corrected chi connectivity index (χ4v) is 1.85. The molecule has 3 heteroatoms. The van der Waals surface area contributed by atoms with Crippen molar-refractivity contribution in [3.63, 3.8) is 0 Å². The predicted molar refractivity (Wildman–Crippen MR) is 49.3 cm³/mol. The van der Waals surface area contributed by atoms with Crippen LogP contribution in [0.15, 0.2) is 23.0 Å². The maximum Gasteiger partial charge on any atom is 0.0934 e. The third kappa shape index (κ3) is 1.76. The molecule has 72 valence electrons. The highest BCUT2D eigenvalue weighted by Crippen LogP contribution is 2.31. The Morgan fingerprint density at radius 2 is 2.46 bits per heavy atom. The Kier molecular flexibility index (Phi) is 2.38. The van der Waals surface area contributed by atoms with Crippen LogP contribution in [-0.4, -0.2) is 19.8 Å². The highest BCUT2D eigenvalue weighted by Gasteiger charge is 2.33. The van der Waals surface area contributed by atoms with Crippen LogP contribution in [0.4, 0.5) is 0 Å². The third-order valence-electron chi connectivity index (χ3n) is 2.78. The molecule has 1 aromatic rings. The summed E-state index contributed by atoms with van der Waals surface area (Å²) < 4.78 is 10.4. The number of rotatable bonds is 3. The fraction of sp³-hybridized carbons (Fsp3) is 0.600. The van der Waals surface area contributed by atoms with E-state index in [4.69, 9.17) is 14.9 Å². The van der Waals surface area contributed by atoms with Crippen LogP contribution in [0.5, 0.6) is 0 Å². The Bertz CT molecular complexity index is 250. The van der Waals surface area contributed by atoms with E-state index >= 15 is 0 Å². The van der Waals surface area contributed by atoms with Gasteiger partial charge in [-0.05, 0) is 24.5 Å². The van der Waals surface area contributed by atoms with E-state index in [9.17, 15) is 0 Å². The van der Waals surface area contributed by atoms with E-state index < -0.39 is 0 Å². The lowest BCUT2D eigenvalue weighted by atomic mass is 9.82. The van der Waals surface area contributed by atoms with Gasteiger partial charge in [-0.1, -0.05) is 0 Å². The number of nitrogens with two attached hydrogens (primary N) is 1. The number of furan rings is 1. The molecular weight excluding hydrogens is 166 g/mol. The molecule has 0 aromatic carbocycles. The average Bonchev–Trinajstić information content (AvgIpc) is 2.77. The van der Waals surface area contributed by atoms with Gasteiger partial charge in [0.15, 0.2) is 0 Å². The van der Waals surface area contributed by atoms with Crippen LogP contribution in [-0.2, 0) is 11.2 Å². The fourth-order valence-electron chi connectivity index (χ4n) is 1.85. The van der Waals surface area contributed by atoms with Crippen molar-refractivity contribution in [1.29, 1.82) is 0 Å². The second-order valence-corrected chi connectivity index (χ2v) is 3.82. The first-order chi connectivity index (χ1) is 6.35. The molecule has 0 spiro atoms. The lowest BCUT2D eigenvalue weighted by molar-refractivity contribution is 0.154. The molecule has 2 rings (SSSR count). The first kappa shape index (κ1) is 8.78. The molecular formula is C10H15NO2. The van der Waals surface area contributed by atoms with E-state index in [2.05, 4.69) is 0 Å². The summed E-state index contributed by atoms with van der Waals surface area (Å²) in [7, 11) is 0. The summed E-state index contributed by atoms with van der Waals surface area (Å²) in [5.74, 6) is 0. The lowest BCUT2D eigenvalue weighted by Gasteiger charge is -2.24. The minimum absolute atomic E-state index is 0.157. The van der Waals surface area contributed by atoms with E-state index in [0.717, 1.165) is 26.1 Å². The zero-order chi connectivity index (χ0) is 9.15. The minimum atomic E-state index is 0.157. The Labute approximate surface area is 77.9 Å². The smallest absolute Gasteiger partial charge is 0.0934 e. The van der Waals surface area contributed by atoms with Crippen molar-refractivity contribution in [2.24, 2.45) is 11.1 Å². The highest BCUT2D eigenvalue weighted by atomic mass is 16.5. The molecule has 1 atom stereocenters. The van der Waals surface area contributed by atoms with Gasteiger partial charge in [0.05, 0.1) is 19.1 Å².